The van der Waals surface area contributed by atoms with Gasteiger partial charge >= 0.3 is 5.97 Å². The van der Waals surface area contributed by atoms with Gasteiger partial charge in [0.05, 0.1) is 0 Å². The van der Waals surface area contributed by atoms with E-state index in [1.807, 2.05) is 53.7 Å². The Bertz CT molecular complexity index is 752. The largest absolute Gasteiger partial charge is 0.477 e. The SMILES string of the molecule is Cc1cc(C)c(Oc2nc(OC(C)(C)C)ccc2C(=O)O)c(C)c1. The number of carboxylic acids is 1. The molecule has 1 aromatic heterocycles. The maximum Gasteiger partial charge on any atom is 0.341 e. The lowest BCUT2D eigenvalue weighted by Crippen LogP contribution is -2.23. The first-order valence-electron chi connectivity index (χ1n) is 7.76. The number of pyridine rings is 1. The van der Waals surface area contributed by atoms with Crippen molar-refractivity contribution in [3.05, 3.63) is 46.5 Å². The molecule has 0 spiro atoms. The summed E-state index contributed by atoms with van der Waals surface area (Å²) in [5.74, 6) is -0.130. The average Bonchev–Trinajstić information content (AvgIpc) is 2.40. The van der Waals surface area contributed by atoms with Gasteiger partial charge in [0.25, 0.3) is 0 Å². The molecule has 0 aliphatic carbocycles. The van der Waals surface area contributed by atoms with Crippen molar-refractivity contribution in [1.29, 1.82) is 0 Å². The second-order valence-electron chi connectivity index (χ2n) is 6.85. The van der Waals surface area contributed by atoms with Crippen LogP contribution in [0.3, 0.4) is 0 Å². The van der Waals surface area contributed by atoms with Crippen LogP contribution in [0.25, 0.3) is 0 Å². The molecule has 1 heterocycles. The first-order valence-corrected chi connectivity index (χ1v) is 7.76. The van der Waals surface area contributed by atoms with Crippen molar-refractivity contribution in [2.45, 2.75) is 47.1 Å². The summed E-state index contributed by atoms with van der Waals surface area (Å²) in [6.07, 6.45) is 0. The molecule has 2 rings (SSSR count). The molecule has 24 heavy (non-hydrogen) atoms. The van der Waals surface area contributed by atoms with Crippen molar-refractivity contribution in [1.82, 2.24) is 4.98 Å². The summed E-state index contributed by atoms with van der Waals surface area (Å²) in [5, 5.41) is 9.39. The van der Waals surface area contributed by atoms with Gasteiger partial charge in [-0.2, -0.15) is 4.98 Å². The van der Waals surface area contributed by atoms with Crippen LogP contribution in [0.15, 0.2) is 24.3 Å². The number of rotatable bonds is 4. The highest BCUT2D eigenvalue weighted by Crippen LogP contribution is 2.32. The Hall–Kier alpha value is -2.56. The monoisotopic (exact) mass is 329 g/mol. The molecule has 0 amide bonds. The second-order valence-corrected chi connectivity index (χ2v) is 6.85. The molecule has 0 aliphatic heterocycles. The van der Waals surface area contributed by atoms with E-state index in [1.165, 1.54) is 12.1 Å². The van der Waals surface area contributed by atoms with Gasteiger partial charge in [-0.3, -0.25) is 0 Å². The molecule has 0 aliphatic rings. The van der Waals surface area contributed by atoms with Crippen molar-refractivity contribution in [3.8, 4) is 17.5 Å². The van der Waals surface area contributed by atoms with Crippen molar-refractivity contribution in [2.24, 2.45) is 0 Å². The second kappa shape index (κ2) is 6.51. The van der Waals surface area contributed by atoms with E-state index in [1.54, 1.807) is 0 Å². The first-order chi connectivity index (χ1) is 11.1. The maximum absolute atomic E-state index is 11.5. The van der Waals surface area contributed by atoms with E-state index in [2.05, 4.69) is 4.98 Å². The molecule has 128 valence electrons. The predicted octanol–water partition coefficient (Wildman–Crippen LogP) is 4.67. The van der Waals surface area contributed by atoms with Crippen LogP contribution < -0.4 is 9.47 Å². The fraction of sp³-hybridized carbons (Fsp3) is 0.368. The molecule has 0 radical (unpaired) electrons. The number of nitrogens with zero attached hydrogens (tertiary/aromatic N) is 1. The quantitative estimate of drug-likeness (QED) is 0.882. The molecule has 5 heteroatoms. The van der Waals surface area contributed by atoms with E-state index in [0.717, 1.165) is 16.7 Å². The lowest BCUT2D eigenvalue weighted by molar-refractivity contribution is 0.0693. The third-order valence-electron chi connectivity index (χ3n) is 3.28. The topological polar surface area (TPSA) is 68.7 Å². The number of aromatic carboxylic acids is 1. The summed E-state index contributed by atoms with van der Waals surface area (Å²) in [6.45, 7) is 11.5. The number of aryl methyl sites for hydroxylation is 3. The summed E-state index contributed by atoms with van der Waals surface area (Å²) in [5.41, 5.74) is 2.52. The lowest BCUT2D eigenvalue weighted by Gasteiger charge is -2.21. The van der Waals surface area contributed by atoms with Gasteiger partial charge in [0, 0.05) is 6.07 Å². The fourth-order valence-corrected chi connectivity index (χ4v) is 2.46. The van der Waals surface area contributed by atoms with Gasteiger partial charge in [-0.25, -0.2) is 4.79 Å². The molecule has 0 atom stereocenters. The zero-order valence-electron chi connectivity index (χ0n) is 14.9. The third kappa shape index (κ3) is 4.25. The van der Waals surface area contributed by atoms with Gasteiger partial charge in [0.1, 0.15) is 16.9 Å². The number of carbonyl (C=O) groups is 1. The van der Waals surface area contributed by atoms with E-state index in [9.17, 15) is 9.90 Å². The van der Waals surface area contributed by atoms with E-state index in [-0.39, 0.29) is 11.4 Å². The number of hydrogen-bond acceptors (Lipinski definition) is 4. The molecular weight excluding hydrogens is 306 g/mol. The Morgan fingerprint density at radius 2 is 1.67 bits per heavy atom. The van der Waals surface area contributed by atoms with Crippen LogP contribution in [-0.2, 0) is 0 Å². The smallest absolute Gasteiger partial charge is 0.341 e. The molecule has 0 unspecified atom stereocenters. The van der Waals surface area contributed by atoms with E-state index in [4.69, 9.17) is 9.47 Å². The van der Waals surface area contributed by atoms with Gasteiger partial charge in [0.15, 0.2) is 0 Å². The van der Waals surface area contributed by atoms with E-state index >= 15 is 0 Å². The summed E-state index contributed by atoms with van der Waals surface area (Å²) in [7, 11) is 0. The van der Waals surface area contributed by atoms with Crippen molar-refractivity contribution >= 4 is 5.97 Å². The van der Waals surface area contributed by atoms with Gasteiger partial charge < -0.3 is 14.6 Å². The Morgan fingerprint density at radius 1 is 1.08 bits per heavy atom. The Kier molecular flexibility index (Phi) is 4.83. The van der Waals surface area contributed by atoms with Crippen LogP contribution >= 0.6 is 0 Å². The maximum atomic E-state index is 11.5. The molecule has 0 fully saturated rings. The molecule has 0 saturated carbocycles. The summed E-state index contributed by atoms with van der Waals surface area (Å²) < 4.78 is 11.6. The van der Waals surface area contributed by atoms with Gasteiger partial charge in [0.2, 0.25) is 11.8 Å². The normalized spacial score (nSPS) is 11.2. The van der Waals surface area contributed by atoms with Crippen LogP contribution in [0.2, 0.25) is 0 Å². The van der Waals surface area contributed by atoms with Crippen molar-refractivity contribution in [3.63, 3.8) is 0 Å². The minimum Gasteiger partial charge on any atom is -0.477 e. The van der Waals surface area contributed by atoms with Crippen molar-refractivity contribution in [2.75, 3.05) is 0 Å². The summed E-state index contributed by atoms with van der Waals surface area (Å²) in [6, 6.07) is 6.96. The lowest BCUT2D eigenvalue weighted by atomic mass is 10.1. The van der Waals surface area contributed by atoms with Crippen LogP contribution in [-0.4, -0.2) is 21.7 Å². The summed E-state index contributed by atoms with van der Waals surface area (Å²) >= 11 is 0. The standard InChI is InChI=1S/C19H23NO4/c1-11-9-12(2)16(13(3)10-11)23-17-14(18(21)22)7-8-15(20-17)24-19(4,5)6/h7-10H,1-6H3,(H,21,22). The molecule has 2 aromatic rings. The molecule has 0 saturated heterocycles. The van der Waals surface area contributed by atoms with Crippen molar-refractivity contribution < 1.29 is 19.4 Å². The minimum absolute atomic E-state index is 0.00404. The van der Waals surface area contributed by atoms with Crippen LogP contribution in [0.1, 0.15) is 47.8 Å². The van der Waals surface area contributed by atoms with Gasteiger partial charge in [-0.05, 0) is 58.7 Å². The number of aromatic nitrogens is 1. The minimum atomic E-state index is -1.10. The zero-order valence-corrected chi connectivity index (χ0v) is 14.9. The zero-order chi connectivity index (χ0) is 18.1. The number of carboxylic acid groups (broad SMARTS) is 1. The Labute approximate surface area is 142 Å². The van der Waals surface area contributed by atoms with Gasteiger partial charge in [-0.1, -0.05) is 17.7 Å². The number of hydrogen-bond donors (Lipinski definition) is 1. The average molecular weight is 329 g/mol. The van der Waals surface area contributed by atoms with Crippen LogP contribution in [0, 0.1) is 20.8 Å². The fourth-order valence-electron chi connectivity index (χ4n) is 2.46. The molecule has 1 aromatic carbocycles. The van der Waals surface area contributed by atoms with Gasteiger partial charge in [-0.15, -0.1) is 0 Å². The Morgan fingerprint density at radius 3 is 2.17 bits per heavy atom. The molecule has 5 nitrogen and oxygen atoms in total. The number of benzene rings is 1. The predicted molar refractivity (Wildman–Crippen MR) is 92.3 cm³/mol. The van der Waals surface area contributed by atoms with Crippen LogP contribution in [0.5, 0.6) is 17.5 Å². The van der Waals surface area contributed by atoms with E-state index < -0.39 is 11.6 Å². The highest BCUT2D eigenvalue weighted by atomic mass is 16.5. The third-order valence-corrected chi connectivity index (χ3v) is 3.28. The molecule has 1 N–H and O–H groups in total. The van der Waals surface area contributed by atoms with E-state index in [0.29, 0.717) is 11.6 Å². The van der Waals surface area contributed by atoms with Crippen LogP contribution in [0.4, 0.5) is 0 Å². The highest BCUT2D eigenvalue weighted by Gasteiger charge is 2.19. The Balaban J connectivity index is 2.47. The molecular formula is C19H23NO4. The first kappa shape index (κ1) is 17.8. The number of ether oxygens (including phenoxy) is 2. The highest BCUT2D eigenvalue weighted by molar-refractivity contribution is 5.90. The molecule has 0 bridgehead atoms. The summed E-state index contributed by atoms with van der Waals surface area (Å²) in [4.78, 5) is 15.7.